The molecule has 0 aliphatic heterocycles. The van der Waals surface area contributed by atoms with Crippen molar-refractivity contribution in [2.75, 3.05) is 6.26 Å². The van der Waals surface area contributed by atoms with Crippen LogP contribution in [-0.2, 0) is 16.3 Å². The van der Waals surface area contributed by atoms with E-state index < -0.39 is 27.7 Å². The Morgan fingerprint density at radius 1 is 1.24 bits per heavy atom. The number of benzene rings is 1. The number of hydrogen-bond acceptors (Lipinski definition) is 5. The molecule has 2 rings (SSSR count). The normalized spacial score (nSPS) is 12.0. The summed E-state index contributed by atoms with van der Waals surface area (Å²) in [7, 11) is -3.43. The summed E-state index contributed by atoms with van der Waals surface area (Å²) >= 11 is 5.88. The average Bonchev–Trinajstić information content (AvgIpc) is 2.47. The molecule has 0 amide bonds. The van der Waals surface area contributed by atoms with Crippen molar-refractivity contribution in [2.45, 2.75) is 17.7 Å². The van der Waals surface area contributed by atoms with Crippen molar-refractivity contribution in [1.29, 1.82) is 0 Å². The average molecular weight is 394 g/mol. The van der Waals surface area contributed by atoms with Crippen molar-refractivity contribution in [3.63, 3.8) is 0 Å². The number of pyridine rings is 1. The van der Waals surface area contributed by atoms with Gasteiger partial charge in [0, 0.05) is 23.9 Å². The van der Waals surface area contributed by atoms with Gasteiger partial charge in [0.15, 0.2) is 15.6 Å². The van der Waals surface area contributed by atoms with Crippen LogP contribution in [0, 0.1) is 0 Å². The molecule has 0 saturated carbocycles. The molecular formula is C15H11ClF3NO4S. The van der Waals surface area contributed by atoms with Gasteiger partial charge in [-0.05, 0) is 29.8 Å². The molecule has 25 heavy (non-hydrogen) atoms. The quantitative estimate of drug-likeness (QED) is 0.727. The Morgan fingerprint density at radius 2 is 1.92 bits per heavy atom. The van der Waals surface area contributed by atoms with E-state index in [-0.39, 0.29) is 27.6 Å². The second-order valence-corrected chi connectivity index (χ2v) is 7.48. The van der Waals surface area contributed by atoms with Gasteiger partial charge < -0.3 is 4.74 Å². The molecule has 1 aromatic heterocycles. The molecule has 0 bridgehead atoms. The lowest BCUT2D eigenvalue weighted by Crippen LogP contribution is -2.17. The summed E-state index contributed by atoms with van der Waals surface area (Å²) in [4.78, 5) is 15.9. The maximum Gasteiger partial charge on any atom is 0.573 e. The van der Waals surface area contributed by atoms with Gasteiger partial charge in [0.25, 0.3) is 0 Å². The molecule has 0 radical (unpaired) electrons. The first-order chi connectivity index (χ1) is 11.5. The van der Waals surface area contributed by atoms with Gasteiger partial charge in [0.1, 0.15) is 11.4 Å². The fourth-order valence-corrected chi connectivity index (χ4v) is 2.69. The lowest BCUT2D eigenvalue weighted by molar-refractivity contribution is -0.274. The van der Waals surface area contributed by atoms with Crippen molar-refractivity contribution in [3.05, 3.63) is 52.8 Å². The fourth-order valence-electron chi connectivity index (χ4n) is 1.90. The summed E-state index contributed by atoms with van der Waals surface area (Å²) in [6.07, 6.45) is -2.98. The third-order valence-electron chi connectivity index (χ3n) is 3.06. The molecule has 134 valence electrons. The topological polar surface area (TPSA) is 73.3 Å². The molecule has 0 N–H and O–H groups in total. The van der Waals surface area contributed by atoms with Crippen LogP contribution in [0.4, 0.5) is 13.2 Å². The summed E-state index contributed by atoms with van der Waals surface area (Å²) in [5, 5.41) is -0.0668. The fraction of sp³-hybridized carbons (Fsp3) is 0.200. The molecule has 1 heterocycles. The SMILES string of the molecule is CS(=O)(=O)c1ccc(C(=O)Cc2ccc(OC(F)(F)F)cc2Cl)nc1. The molecule has 0 fully saturated rings. The van der Waals surface area contributed by atoms with E-state index >= 15 is 0 Å². The first-order valence-electron chi connectivity index (χ1n) is 6.69. The van der Waals surface area contributed by atoms with Gasteiger partial charge >= 0.3 is 6.36 Å². The van der Waals surface area contributed by atoms with Crippen molar-refractivity contribution in [2.24, 2.45) is 0 Å². The minimum atomic E-state index is -4.84. The van der Waals surface area contributed by atoms with Crippen molar-refractivity contribution in [3.8, 4) is 5.75 Å². The van der Waals surface area contributed by atoms with E-state index in [4.69, 9.17) is 11.6 Å². The summed E-state index contributed by atoms with van der Waals surface area (Å²) in [6.45, 7) is 0. The predicted molar refractivity (Wildman–Crippen MR) is 83.5 cm³/mol. The van der Waals surface area contributed by atoms with Crippen molar-refractivity contribution >= 4 is 27.2 Å². The van der Waals surface area contributed by atoms with Crippen LogP contribution in [-0.4, -0.2) is 31.8 Å². The summed E-state index contributed by atoms with van der Waals surface area (Å²) < 4.78 is 62.9. The molecule has 2 aromatic rings. The Balaban J connectivity index is 2.15. The number of carbonyl (C=O) groups excluding carboxylic acids is 1. The predicted octanol–water partition coefficient (Wildman–Crippen LogP) is 3.46. The summed E-state index contributed by atoms with van der Waals surface area (Å²) in [5.74, 6) is -0.962. The van der Waals surface area contributed by atoms with Crippen LogP contribution in [0.25, 0.3) is 0 Å². The van der Waals surface area contributed by atoms with E-state index in [9.17, 15) is 26.4 Å². The molecule has 0 aliphatic carbocycles. The lowest BCUT2D eigenvalue weighted by Gasteiger charge is -2.10. The standard InChI is InChI=1S/C15H11ClF3NO4S/c1-25(22,23)11-4-5-13(20-8-11)14(21)6-9-2-3-10(7-12(9)16)24-15(17,18)19/h2-5,7-8H,6H2,1H3. The van der Waals surface area contributed by atoms with Gasteiger partial charge in [0.2, 0.25) is 0 Å². The van der Waals surface area contributed by atoms with Gasteiger partial charge in [-0.3, -0.25) is 9.78 Å². The van der Waals surface area contributed by atoms with Crippen LogP contribution < -0.4 is 4.74 Å². The Bertz CT molecular complexity index is 896. The van der Waals surface area contributed by atoms with Crippen LogP contribution in [0.2, 0.25) is 5.02 Å². The Kier molecular flexibility index (Phi) is 5.38. The maximum atomic E-state index is 12.2. The highest BCUT2D eigenvalue weighted by Crippen LogP contribution is 2.28. The number of alkyl halides is 3. The molecule has 0 unspecified atom stereocenters. The third-order valence-corrected chi connectivity index (χ3v) is 4.51. The molecule has 1 aromatic carbocycles. The number of Topliss-reactive ketones (excluding diaryl/α,β-unsaturated/α-hetero) is 1. The number of sulfone groups is 1. The molecule has 10 heteroatoms. The van der Waals surface area contributed by atoms with E-state index in [0.29, 0.717) is 0 Å². The number of hydrogen-bond donors (Lipinski definition) is 0. The molecular weight excluding hydrogens is 383 g/mol. The number of carbonyl (C=O) groups is 1. The van der Waals surface area contributed by atoms with Crippen LogP contribution in [0.5, 0.6) is 5.75 Å². The number of ketones is 1. The van der Waals surface area contributed by atoms with Gasteiger partial charge in [-0.25, -0.2) is 8.42 Å². The third kappa shape index (κ3) is 5.43. The Morgan fingerprint density at radius 3 is 2.40 bits per heavy atom. The van der Waals surface area contributed by atoms with Crippen LogP contribution in [0.3, 0.4) is 0 Å². The zero-order valence-corrected chi connectivity index (χ0v) is 14.2. The monoisotopic (exact) mass is 393 g/mol. The summed E-state index contributed by atoms with van der Waals surface area (Å²) in [5.41, 5.74) is 0.300. The zero-order valence-electron chi connectivity index (χ0n) is 12.7. The first-order valence-corrected chi connectivity index (χ1v) is 8.96. The lowest BCUT2D eigenvalue weighted by atomic mass is 10.1. The molecule has 5 nitrogen and oxygen atoms in total. The van der Waals surface area contributed by atoms with E-state index in [0.717, 1.165) is 24.6 Å². The Labute approximate surface area is 146 Å². The smallest absolute Gasteiger partial charge is 0.406 e. The number of halogens is 4. The second-order valence-electron chi connectivity index (χ2n) is 5.05. The minimum Gasteiger partial charge on any atom is -0.406 e. The molecule has 0 atom stereocenters. The molecule has 0 saturated heterocycles. The minimum absolute atomic E-state index is 0.0130. The number of nitrogens with zero attached hydrogens (tertiary/aromatic N) is 1. The van der Waals surface area contributed by atoms with Gasteiger partial charge in [-0.1, -0.05) is 17.7 Å². The van der Waals surface area contributed by atoms with Crippen LogP contribution >= 0.6 is 11.6 Å². The number of ether oxygens (including phenoxy) is 1. The van der Waals surface area contributed by atoms with Gasteiger partial charge in [-0.15, -0.1) is 13.2 Å². The van der Waals surface area contributed by atoms with Crippen LogP contribution in [0.1, 0.15) is 16.1 Å². The van der Waals surface area contributed by atoms with Crippen LogP contribution in [0.15, 0.2) is 41.4 Å². The van der Waals surface area contributed by atoms with Gasteiger partial charge in [0.05, 0.1) is 4.90 Å². The maximum absolute atomic E-state index is 12.2. The van der Waals surface area contributed by atoms with E-state index in [1.54, 1.807) is 0 Å². The first kappa shape index (κ1) is 19.2. The number of rotatable bonds is 5. The van der Waals surface area contributed by atoms with E-state index in [1.807, 2.05) is 0 Å². The van der Waals surface area contributed by atoms with E-state index in [2.05, 4.69) is 9.72 Å². The zero-order chi connectivity index (χ0) is 18.8. The highest BCUT2D eigenvalue weighted by Gasteiger charge is 2.31. The molecule has 0 aliphatic rings. The van der Waals surface area contributed by atoms with Crippen molar-refractivity contribution < 1.29 is 31.1 Å². The van der Waals surface area contributed by atoms with E-state index in [1.165, 1.54) is 18.2 Å². The van der Waals surface area contributed by atoms with Gasteiger partial charge in [-0.2, -0.15) is 0 Å². The van der Waals surface area contributed by atoms with Crippen molar-refractivity contribution in [1.82, 2.24) is 4.98 Å². The number of aromatic nitrogens is 1. The highest BCUT2D eigenvalue weighted by molar-refractivity contribution is 7.90. The largest absolute Gasteiger partial charge is 0.573 e. The second kappa shape index (κ2) is 7.01. The Hall–Kier alpha value is -2.13. The highest BCUT2D eigenvalue weighted by atomic mass is 35.5. The summed E-state index contributed by atoms with van der Waals surface area (Å²) in [6, 6.07) is 5.75. The molecule has 0 spiro atoms.